The molecule has 0 aliphatic carbocycles. The predicted octanol–water partition coefficient (Wildman–Crippen LogP) is 2.74. The van der Waals surface area contributed by atoms with Gasteiger partial charge in [-0.2, -0.15) is 0 Å². The average Bonchev–Trinajstić information content (AvgIpc) is 2.50. The summed E-state index contributed by atoms with van der Waals surface area (Å²) in [5.41, 5.74) is 3.33. The Hall–Kier alpha value is -2.69. The molecule has 0 radical (unpaired) electrons. The van der Waals surface area contributed by atoms with Crippen molar-refractivity contribution in [2.75, 3.05) is 12.4 Å². The van der Waals surface area contributed by atoms with Crippen LogP contribution in [0.5, 0.6) is 0 Å². The number of ether oxygens (including phenoxy) is 1. The van der Waals surface area contributed by atoms with E-state index in [0.717, 1.165) is 16.8 Å². The average molecular weight is 284 g/mol. The molecule has 0 fully saturated rings. The van der Waals surface area contributed by atoms with Gasteiger partial charge in [0.1, 0.15) is 5.69 Å². The van der Waals surface area contributed by atoms with Gasteiger partial charge >= 0.3 is 5.97 Å². The zero-order chi connectivity index (χ0) is 15.4. The molecule has 0 saturated heterocycles. The van der Waals surface area contributed by atoms with Gasteiger partial charge in [0.05, 0.1) is 12.7 Å². The van der Waals surface area contributed by atoms with E-state index in [2.05, 4.69) is 15.0 Å². The zero-order valence-corrected chi connectivity index (χ0v) is 12.1. The number of rotatable bonds is 3. The Labute approximate surface area is 123 Å². The molecule has 1 amide bonds. The lowest BCUT2D eigenvalue weighted by molar-refractivity contribution is 0.0600. The Morgan fingerprint density at radius 2 is 1.90 bits per heavy atom. The molecule has 0 spiro atoms. The first-order valence-corrected chi connectivity index (χ1v) is 6.44. The van der Waals surface area contributed by atoms with Gasteiger partial charge < -0.3 is 10.1 Å². The summed E-state index contributed by atoms with van der Waals surface area (Å²) < 4.78 is 4.58. The maximum Gasteiger partial charge on any atom is 0.339 e. The van der Waals surface area contributed by atoms with E-state index in [1.165, 1.54) is 25.4 Å². The highest BCUT2D eigenvalue weighted by Crippen LogP contribution is 2.17. The minimum atomic E-state index is -0.482. The third kappa shape index (κ3) is 3.45. The molecule has 1 heterocycles. The number of benzene rings is 1. The first-order valence-electron chi connectivity index (χ1n) is 6.44. The maximum absolute atomic E-state index is 12.1. The number of aryl methyl sites for hydroxylation is 2. The SMILES string of the molecule is COC(=O)c1ccc(C(=O)Nc2cc(C)ccc2C)nc1. The number of carbonyl (C=O) groups is 2. The Balaban J connectivity index is 2.17. The molecule has 0 saturated carbocycles. The first-order chi connectivity index (χ1) is 10.0. The molecule has 1 aromatic heterocycles. The number of aromatic nitrogens is 1. The van der Waals surface area contributed by atoms with Crippen LogP contribution in [0.2, 0.25) is 0 Å². The fraction of sp³-hybridized carbons (Fsp3) is 0.188. The third-order valence-electron chi connectivity index (χ3n) is 3.06. The molecule has 108 valence electrons. The Bertz CT molecular complexity index is 678. The van der Waals surface area contributed by atoms with Crippen LogP contribution in [0.1, 0.15) is 32.0 Å². The van der Waals surface area contributed by atoms with Crippen LogP contribution in [0.4, 0.5) is 5.69 Å². The number of hydrogen-bond acceptors (Lipinski definition) is 4. The number of amides is 1. The molecule has 5 nitrogen and oxygen atoms in total. The number of nitrogens with zero attached hydrogens (tertiary/aromatic N) is 1. The van der Waals surface area contributed by atoms with E-state index >= 15 is 0 Å². The standard InChI is InChI=1S/C16H16N2O3/c1-10-4-5-11(2)14(8-10)18-15(19)13-7-6-12(9-17-13)16(20)21-3/h4-9H,1-3H3,(H,18,19). The fourth-order valence-electron chi connectivity index (χ4n) is 1.82. The number of pyridine rings is 1. The number of anilines is 1. The third-order valence-corrected chi connectivity index (χ3v) is 3.06. The molecule has 5 heteroatoms. The summed E-state index contributed by atoms with van der Waals surface area (Å²) in [7, 11) is 1.30. The van der Waals surface area contributed by atoms with Gasteiger partial charge in [0.25, 0.3) is 5.91 Å². The van der Waals surface area contributed by atoms with Crippen molar-refractivity contribution in [3.05, 3.63) is 58.9 Å². The smallest absolute Gasteiger partial charge is 0.339 e. The van der Waals surface area contributed by atoms with Crippen LogP contribution in [-0.2, 0) is 4.74 Å². The summed E-state index contributed by atoms with van der Waals surface area (Å²) in [4.78, 5) is 27.4. The fourth-order valence-corrected chi connectivity index (χ4v) is 1.82. The van der Waals surface area contributed by atoms with Crippen LogP contribution < -0.4 is 5.32 Å². The van der Waals surface area contributed by atoms with E-state index in [9.17, 15) is 9.59 Å². The Morgan fingerprint density at radius 1 is 1.14 bits per heavy atom. The zero-order valence-electron chi connectivity index (χ0n) is 12.1. The van der Waals surface area contributed by atoms with Gasteiger partial charge in [-0.15, -0.1) is 0 Å². The summed E-state index contributed by atoms with van der Waals surface area (Å²) >= 11 is 0. The largest absolute Gasteiger partial charge is 0.465 e. The lowest BCUT2D eigenvalue weighted by Gasteiger charge is -2.09. The van der Waals surface area contributed by atoms with Crippen LogP contribution in [0.3, 0.4) is 0 Å². The predicted molar refractivity (Wildman–Crippen MR) is 79.4 cm³/mol. The van der Waals surface area contributed by atoms with Crippen LogP contribution in [0.25, 0.3) is 0 Å². The van der Waals surface area contributed by atoms with E-state index in [0.29, 0.717) is 5.56 Å². The molecule has 0 aliphatic rings. The molecule has 1 aromatic carbocycles. The molecule has 0 bridgehead atoms. The Morgan fingerprint density at radius 3 is 2.52 bits per heavy atom. The summed E-state index contributed by atoms with van der Waals surface area (Å²) in [6.45, 7) is 3.88. The molecule has 2 rings (SSSR count). The highest BCUT2D eigenvalue weighted by atomic mass is 16.5. The van der Waals surface area contributed by atoms with Crippen molar-refractivity contribution in [2.45, 2.75) is 13.8 Å². The highest BCUT2D eigenvalue weighted by molar-refractivity contribution is 6.03. The van der Waals surface area contributed by atoms with Gasteiger partial charge in [-0.05, 0) is 43.2 Å². The minimum Gasteiger partial charge on any atom is -0.465 e. The number of hydrogen-bond donors (Lipinski definition) is 1. The number of esters is 1. The van der Waals surface area contributed by atoms with Crippen molar-refractivity contribution in [3.63, 3.8) is 0 Å². The van der Waals surface area contributed by atoms with Gasteiger partial charge in [-0.25, -0.2) is 4.79 Å². The van der Waals surface area contributed by atoms with Crippen molar-refractivity contribution in [2.24, 2.45) is 0 Å². The lowest BCUT2D eigenvalue weighted by Crippen LogP contribution is -2.15. The minimum absolute atomic E-state index is 0.239. The topological polar surface area (TPSA) is 68.3 Å². The molecule has 1 N–H and O–H groups in total. The van der Waals surface area contributed by atoms with Crippen molar-refractivity contribution in [1.82, 2.24) is 4.98 Å². The van der Waals surface area contributed by atoms with E-state index in [1.54, 1.807) is 0 Å². The van der Waals surface area contributed by atoms with E-state index in [1.807, 2.05) is 32.0 Å². The van der Waals surface area contributed by atoms with E-state index in [4.69, 9.17) is 0 Å². The highest BCUT2D eigenvalue weighted by Gasteiger charge is 2.11. The van der Waals surface area contributed by atoms with E-state index < -0.39 is 5.97 Å². The molecule has 0 aliphatic heterocycles. The van der Waals surface area contributed by atoms with Crippen LogP contribution in [-0.4, -0.2) is 24.0 Å². The van der Waals surface area contributed by atoms with Gasteiger partial charge in [-0.3, -0.25) is 9.78 Å². The normalized spacial score (nSPS) is 10.0. The monoisotopic (exact) mass is 284 g/mol. The molecule has 2 aromatic rings. The van der Waals surface area contributed by atoms with Gasteiger partial charge in [0, 0.05) is 11.9 Å². The number of carbonyl (C=O) groups excluding carboxylic acids is 2. The summed E-state index contributed by atoms with van der Waals surface area (Å²) in [6.07, 6.45) is 1.32. The van der Waals surface area contributed by atoms with Crippen LogP contribution in [0, 0.1) is 13.8 Å². The quantitative estimate of drug-likeness (QED) is 0.880. The van der Waals surface area contributed by atoms with Crippen LogP contribution in [0.15, 0.2) is 36.5 Å². The second-order valence-corrected chi connectivity index (χ2v) is 4.70. The lowest BCUT2D eigenvalue weighted by atomic mass is 10.1. The van der Waals surface area contributed by atoms with Crippen LogP contribution >= 0.6 is 0 Å². The summed E-state index contributed by atoms with van der Waals surface area (Å²) in [5, 5.41) is 2.81. The maximum atomic E-state index is 12.1. The van der Waals surface area contributed by atoms with Gasteiger partial charge in [-0.1, -0.05) is 12.1 Å². The van der Waals surface area contributed by atoms with Gasteiger partial charge in [0.15, 0.2) is 0 Å². The Kier molecular flexibility index (Phi) is 4.33. The molecular weight excluding hydrogens is 268 g/mol. The first kappa shape index (κ1) is 14.7. The van der Waals surface area contributed by atoms with Gasteiger partial charge in [0.2, 0.25) is 0 Å². The second-order valence-electron chi connectivity index (χ2n) is 4.70. The number of nitrogens with one attached hydrogen (secondary N) is 1. The van der Waals surface area contributed by atoms with Crippen molar-refractivity contribution in [3.8, 4) is 0 Å². The second kappa shape index (κ2) is 6.17. The van der Waals surface area contributed by atoms with Crippen molar-refractivity contribution >= 4 is 17.6 Å². The molecule has 0 atom stereocenters. The number of methoxy groups -OCH3 is 1. The van der Waals surface area contributed by atoms with Crippen molar-refractivity contribution in [1.29, 1.82) is 0 Å². The molecule has 21 heavy (non-hydrogen) atoms. The molecular formula is C16H16N2O3. The van der Waals surface area contributed by atoms with E-state index in [-0.39, 0.29) is 11.6 Å². The summed E-state index contributed by atoms with van der Waals surface area (Å²) in [6, 6.07) is 8.83. The van der Waals surface area contributed by atoms with Crippen molar-refractivity contribution < 1.29 is 14.3 Å². The summed E-state index contributed by atoms with van der Waals surface area (Å²) in [5.74, 6) is -0.802. The molecule has 0 unspecified atom stereocenters.